The lowest BCUT2D eigenvalue weighted by molar-refractivity contribution is -0.124. The van der Waals surface area contributed by atoms with Crippen LogP contribution in [-0.2, 0) is 10.3 Å². The highest BCUT2D eigenvalue weighted by atomic mass is 16.1. The molecule has 1 amide bonds. The Morgan fingerprint density at radius 1 is 1.41 bits per heavy atom. The third-order valence-corrected chi connectivity index (χ3v) is 3.07. The summed E-state index contributed by atoms with van der Waals surface area (Å²) in [6.07, 6.45) is 0. The summed E-state index contributed by atoms with van der Waals surface area (Å²) in [6, 6.07) is 5.73. The second kappa shape index (κ2) is 3.48. The van der Waals surface area contributed by atoms with Crippen LogP contribution in [0.25, 0.3) is 11.0 Å². The Hall–Kier alpha value is -2.04. The molecule has 0 bridgehead atoms. The molecule has 0 unspecified atom stereocenters. The maximum atomic E-state index is 11.5. The van der Waals surface area contributed by atoms with E-state index < -0.39 is 11.4 Å². The van der Waals surface area contributed by atoms with Crippen LogP contribution in [-0.4, -0.2) is 15.5 Å². The summed E-state index contributed by atoms with van der Waals surface area (Å²) < 4.78 is 1.69. The fraction of sp³-hybridized carbons (Fsp3) is 0.333. The molecule has 5 heteroatoms. The van der Waals surface area contributed by atoms with Gasteiger partial charge >= 0.3 is 0 Å². The lowest BCUT2D eigenvalue weighted by Crippen LogP contribution is -2.41. The standard InChI is InChI=1S/C12H16N4O/c1-7-5-4-6-8-9(7)16(11(14)15-8)12(2,3)10(13)17/h4-6H,1-3H3,(H2,13,17)(H2,14,15). The number of para-hydroxylation sites is 1. The Bertz CT molecular complexity index is 598. The summed E-state index contributed by atoms with van der Waals surface area (Å²) in [7, 11) is 0. The van der Waals surface area contributed by atoms with E-state index in [9.17, 15) is 4.79 Å². The van der Waals surface area contributed by atoms with Crippen molar-refractivity contribution in [2.24, 2.45) is 5.73 Å². The van der Waals surface area contributed by atoms with Gasteiger partial charge in [0.2, 0.25) is 11.9 Å². The number of carbonyl (C=O) groups excluding carboxylic acids is 1. The smallest absolute Gasteiger partial charge is 0.243 e. The van der Waals surface area contributed by atoms with Gasteiger partial charge in [-0.05, 0) is 32.4 Å². The molecule has 2 aromatic rings. The number of aryl methyl sites for hydroxylation is 1. The third kappa shape index (κ3) is 1.54. The molecule has 4 N–H and O–H groups in total. The first-order chi connectivity index (χ1) is 7.85. The van der Waals surface area contributed by atoms with Crippen LogP contribution in [0.2, 0.25) is 0 Å². The van der Waals surface area contributed by atoms with Crippen LogP contribution in [0, 0.1) is 6.92 Å². The van der Waals surface area contributed by atoms with E-state index in [2.05, 4.69) is 4.98 Å². The van der Waals surface area contributed by atoms with Crippen molar-refractivity contribution < 1.29 is 4.79 Å². The van der Waals surface area contributed by atoms with Gasteiger partial charge in [-0.3, -0.25) is 9.36 Å². The van der Waals surface area contributed by atoms with Crippen LogP contribution < -0.4 is 11.5 Å². The molecule has 1 aromatic heterocycles. The predicted octanol–water partition coefficient (Wildman–Crippen LogP) is 1.15. The minimum atomic E-state index is -0.898. The van der Waals surface area contributed by atoms with Crippen LogP contribution >= 0.6 is 0 Å². The number of imidazole rings is 1. The highest BCUT2D eigenvalue weighted by molar-refractivity contribution is 5.88. The van der Waals surface area contributed by atoms with Gasteiger partial charge in [0.05, 0.1) is 11.0 Å². The summed E-state index contributed by atoms with van der Waals surface area (Å²) in [5.74, 6) is -0.134. The highest BCUT2D eigenvalue weighted by Crippen LogP contribution is 2.28. The molecule has 0 radical (unpaired) electrons. The van der Waals surface area contributed by atoms with Gasteiger partial charge in [-0.2, -0.15) is 0 Å². The number of nitrogens with zero attached hydrogens (tertiary/aromatic N) is 2. The van der Waals surface area contributed by atoms with Gasteiger partial charge in [0, 0.05) is 0 Å². The molecule has 0 fully saturated rings. The summed E-state index contributed by atoms with van der Waals surface area (Å²) >= 11 is 0. The third-order valence-electron chi connectivity index (χ3n) is 3.07. The van der Waals surface area contributed by atoms with Gasteiger partial charge in [-0.25, -0.2) is 4.98 Å². The molecule has 0 spiro atoms. The predicted molar refractivity (Wildman–Crippen MR) is 67.4 cm³/mol. The highest BCUT2D eigenvalue weighted by Gasteiger charge is 2.31. The molecule has 90 valence electrons. The zero-order valence-electron chi connectivity index (χ0n) is 10.2. The van der Waals surface area contributed by atoms with Gasteiger partial charge in [0.25, 0.3) is 0 Å². The number of nitrogen functional groups attached to an aromatic ring is 1. The second-order valence-corrected chi connectivity index (χ2v) is 4.67. The molecule has 0 atom stereocenters. The van der Waals surface area contributed by atoms with Crippen LogP contribution in [0.15, 0.2) is 18.2 Å². The minimum Gasteiger partial charge on any atom is -0.369 e. The van der Waals surface area contributed by atoms with Gasteiger partial charge < -0.3 is 11.5 Å². The number of hydrogen-bond acceptors (Lipinski definition) is 3. The maximum Gasteiger partial charge on any atom is 0.243 e. The average Bonchev–Trinajstić information content (AvgIpc) is 2.56. The molecule has 2 rings (SSSR count). The van der Waals surface area contributed by atoms with Crippen LogP contribution in [0.4, 0.5) is 5.95 Å². The minimum absolute atomic E-state index is 0.304. The first-order valence-corrected chi connectivity index (χ1v) is 5.39. The van der Waals surface area contributed by atoms with E-state index in [0.717, 1.165) is 16.6 Å². The van der Waals surface area contributed by atoms with E-state index in [1.54, 1.807) is 18.4 Å². The number of primary amides is 1. The first kappa shape index (κ1) is 11.4. The SMILES string of the molecule is Cc1cccc2nc(N)n(C(C)(C)C(N)=O)c12. The number of rotatable bonds is 2. The van der Waals surface area contributed by atoms with Crippen molar-refractivity contribution in [2.45, 2.75) is 26.3 Å². The Kier molecular flexibility index (Phi) is 2.34. The van der Waals surface area contributed by atoms with Crippen LogP contribution in [0.5, 0.6) is 0 Å². The number of fused-ring (bicyclic) bond motifs is 1. The quantitative estimate of drug-likeness (QED) is 0.814. The van der Waals surface area contributed by atoms with Crippen LogP contribution in [0.1, 0.15) is 19.4 Å². The largest absolute Gasteiger partial charge is 0.369 e. The van der Waals surface area contributed by atoms with Crippen molar-refractivity contribution in [3.63, 3.8) is 0 Å². The first-order valence-electron chi connectivity index (χ1n) is 5.39. The average molecular weight is 232 g/mol. The van der Waals surface area contributed by atoms with Crippen LogP contribution in [0.3, 0.4) is 0 Å². The van der Waals surface area contributed by atoms with Crippen molar-refractivity contribution in [2.75, 3.05) is 5.73 Å². The van der Waals surface area contributed by atoms with E-state index >= 15 is 0 Å². The number of carbonyl (C=O) groups is 1. The molecule has 0 saturated heterocycles. The molecule has 0 aliphatic rings. The summed E-state index contributed by atoms with van der Waals surface area (Å²) in [5.41, 5.74) is 13.1. The zero-order valence-corrected chi connectivity index (χ0v) is 10.2. The number of nitrogens with two attached hydrogens (primary N) is 2. The lowest BCUT2D eigenvalue weighted by atomic mass is 10.0. The van der Waals surface area contributed by atoms with E-state index in [4.69, 9.17) is 11.5 Å². The summed E-state index contributed by atoms with van der Waals surface area (Å²) in [4.78, 5) is 15.8. The van der Waals surface area contributed by atoms with Gasteiger partial charge in [-0.15, -0.1) is 0 Å². The van der Waals surface area contributed by atoms with Gasteiger partial charge in [0.15, 0.2) is 0 Å². The van der Waals surface area contributed by atoms with E-state index in [-0.39, 0.29) is 0 Å². The van der Waals surface area contributed by atoms with E-state index in [1.807, 2.05) is 25.1 Å². The molecule has 5 nitrogen and oxygen atoms in total. The van der Waals surface area contributed by atoms with Crippen molar-refractivity contribution >= 4 is 22.9 Å². The number of aromatic nitrogens is 2. The molecule has 0 aliphatic heterocycles. The Labute approximate surface area is 99.4 Å². The van der Waals surface area contributed by atoms with Crippen molar-refractivity contribution in [1.82, 2.24) is 9.55 Å². The Morgan fingerprint density at radius 3 is 2.65 bits per heavy atom. The number of benzene rings is 1. The number of hydrogen-bond donors (Lipinski definition) is 2. The normalized spacial score (nSPS) is 11.9. The fourth-order valence-electron chi connectivity index (χ4n) is 1.99. The molecule has 0 aliphatic carbocycles. The van der Waals surface area contributed by atoms with Gasteiger partial charge in [0.1, 0.15) is 5.54 Å². The summed E-state index contributed by atoms with van der Waals surface area (Å²) in [5, 5.41) is 0. The van der Waals surface area contributed by atoms with Gasteiger partial charge in [-0.1, -0.05) is 12.1 Å². The Morgan fingerprint density at radius 2 is 2.06 bits per heavy atom. The van der Waals surface area contributed by atoms with Crippen molar-refractivity contribution in [3.05, 3.63) is 23.8 Å². The molecule has 0 saturated carbocycles. The lowest BCUT2D eigenvalue weighted by Gasteiger charge is -2.25. The van der Waals surface area contributed by atoms with Crippen molar-refractivity contribution in [1.29, 1.82) is 0 Å². The maximum absolute atomic E-state index is 11.5. The molecular formula is C12H16N4O. The zero-order chi connectivity index (χ0) is 12.8. The van der Waals surface area contributed by atoms with Crippen molar-refractivity contribution in [3.8, 4) is 0 Å². The molecule has 1 heterocycles. The number of amides is 1. The monoisotopic (exact) mass is 232 g/mol. The topological polar surface area (TPSA) is 86.9 Å². The number of anilines is 1. The summed E-state index contributed by atoms with van der Waals surface area (Å²) in [6.45, 7) is 5.43. The van der Waals surface area contributed by atoms with E-state index in [0.29, 0.717) is 5.95 Å². The fourth-order valence-corrected chi connectivity index (χ4v) is 1.99. The van der Waals surface area contributed by atoms with E-state index in [1.165, 1.54) is 0 Å². The molecule has 17 heavy (non-hydrogen) atoms. The Balaban J connectivity index is 2.86. The molecule has 1 aromatic carbocycles. The molecular weight excluding hydrogens is 216 g/mol. The second-order valence-electron chi connectivity index (χ2n) is 4.67.